The first-order valence-electron chi connectivity index (χ1n) is 8.27. The maximum atomic E-state index is 12.4. The molecule has 1 aromatic carbocycles. The number of alkyl halides is 3. The van der Waals surface area contributed by atoms with E-state index in [1.165, 1.54) is 42.7 Å². The highest BCUT2D eigenvalue weighted by Crippen LogP contribution is 2.29. The first-order chi connectivity index (χ1) is 14.3. The van der Waals surface area contributed by atoms with E-state index >= 15 is 0 Å². The maximum absolute atomic E-state index is 12.4. The number of hydrogen-bond acceptors (Lipinski definition) is 6. The van der Waals surface area contributed by atoms with Gasteiger partial charge in [-0.1, -0.05) is 17.9 Å². The summed E-state index contributed by atoms with van der Waals surface area (Å²) in [4.78, 5) is 27.2. The summed E-state index contributed by atoms with van der Waals surface area (Å²) >= 11 is 0.761. The first-order valence-corrected chi connectivity index (χ1v) is 9.09. The SMILES string of the molecule is O=C1NC(=O)C(=Cc2cc3cncc(C#Cc4cccc(OC(F)(F)F)c4)c3o2)S1. The lowest BCUT2D eigenvalue weighted by molar-refractivity contribution is -0.274. The number of thioether (sulfide) groups is 1. The van der Waals surface area contributed by atoms with Crippen molar-refractivity contribution in [2.45, 2.75) is 6.36 Å². The van der Waals surface area contributed by atoms with Crippen LogP contribution in [0.15, 0.2) is 52.0 Å². The van der Waals surface area contributed by atoms with Gasteiger partial charge in [0.1, 0.15) is 11.5 Å². The zero-order chi connectivity index (χ0) is 21.3. The molecule has 3 heterocycles. The number of nitrogens with zero attached hydrogens (tertiary/aromatic N) is 1. The zero-order valence-electron chi connectivity index (χ0n) is 14.7. The number of fused-ring (bicyclic) bond motifs is 1. The molecule has 30 heavy (non-hydrogen) atoms. The van der Waals surface area contributed by atoms with Crippen LogP contribution >= 0.6 is 11.8 Å². The average molecular weight is 430 g/mol. The van der Waals surface area contributed by atoms with Crippen LogP contribution < -0.4 is 10.1 Å². The van der Waals surface area contributed by atoms with Crippen molar-refractivity contribution in [3.05, 3.63) is 64.5 Å². The van der Waals surface area contributed by atoms with Gasteiger partial charge in [-0.3, -0.25) is 19.9 Å². The van der Waals surface area contributed by atoms with Gasteiger partial charge in [0, 0.05) is 29.4 Å². The predicted octanol–water partition coefficient (Wildman–Crippen LogP) is 4.45. The highest BCUT2D eigenvalue weighted by atomic mass is 32.2. The van der Waals surface area contributed by atoms with Crippen molar-refractivity contribution >= 4 is 40.0 Å². The summed E-state index contributed by atoms with van der Waals surface area (Å²) < 4.78 is 46.7. The number of hydrogen-bond donors (Lipinski definition) is 1. The summed E-state index contributed by atoms with van der Waals surface area (Å²) in [5.41, 5.74) is 1.10. The fourth-order valence-corrected chi connectivity index (χ4v) is 3.27. The zero-order valence-corrected chi connectivity index (χ0v) is 15.6. The molecule has 1 saturated heterocycles. The van der Waals surface area contributed by atoms with Crippen molar-refractivity contribution in [1.29, 1.82) is 0 Å². The molecule has 0 spiro atoms. The molecule has 0 atom stereocenters. The molecule has 4 rings (SSSR count). The van der Waals surface area contributed by atoms with Crippen LogP contribution in [0, 0.1) is 11.8 Å². The van der Waals surface area contributed by atoms with Crippen LogP contribution in [0.1, 0.15) is 16.9 Å². The van der Waals surface area contributed by atoms with Gasteiger partial charge < -0.3 is 9.15 Å². The van der Waals surface area contributed by atoms with E-state index < -0.39 is 17.5 Å². The first kappa shape index (κ1) is 19.6. The van der Waals surface area contributed by atoms with Crippen LogP contribution in [-0.2, 0) is 4.79 Å². The Kier molecular flexibility index (Phi) is 4.97. The Labute approximate surface area is 171 Å². The molecule has 2 amide bonds. The van der Waals surface area contributed by atoms with Gasteiger partial charge in [-0.2, -0.15) is 0 Å². The van der Waals surface area contributed by atoms with E-state index in [1.807, 2.05) is 0 Å². The van der Waals surface area contributed by atoms with E-state index in [1.54, 1.807) is 6.07 Å². The standard InChI is InChI=1S/C20H9F3N2O4S/c21-20(22,23)29-14-3-1-2-11(6-14)4-5-12-9-24-10-13-7-15(28-17(12)13)8-16-18(26)25-19(27)30-16/h1-3,6-10H,(H,25,26,27). The summed E-state index contributed by atoms with van der Waals surface area (Å²) in [6.07, 6.45) is -0.372. The quantitative estimate of drug-likeness (QED) is 0.478. The number of carbonyl (C=O) groups excluding carboxylic acids is 2. The molecule has 0 unspecified atom stereocenters. The summed E-state index contributed by atoms with van der Waals surface area (Å²) in [7, 11) is 0. The highest BCUT2D eigenvalue weighted by Gasteiger charge is 2.31. The molecule has 1 N–H and O–H groups in total. The molecular weight excluding hydrogens is 421 g/mol. The van der Waals surface area contributed by atoms with Gasteiger partial charge in [0.2, 0.25) is 0 Å². The van der Waals surface area contributed by atoms with E-state index in [-0.39, 0.29) is 10.7 Å². The van der Waals surface area contributed by atoms with Gasteiger partial charge in [0.05, 0.1) is 10.5 Å². The number of aromatic nitrogens is 1. The van der Waals surface area contributed by atoms with E-state index in [2.05, 4.69) is 26.9 Å². The molecule has 2 aromatic heterocycles. The van der Waals surface area contributed by atoms with Gasteiger partial charge in [-0.15, -0.1) is 13.2 Å². The lowest BCUT2D eigenvalue weighted by Gasteiger charge is -2.08. The Hall–Kier alpha value is -3.71. The van der Waals surface area contributed by atoms with Crippen LogP contribution in [0.2, 0.25) is 0 Å². The normalized spacial score (nSPS) is 15.2. The second-order valence-electron chi connectivity index (χ2n) is 5.93. The molecule has 0 saturated carbocycles. The van der Waals surface area contributed by atoms with Crippen LogP contribution in [0.25, 0.3) is 17.0 Å². The van der Waals surface area contributed by atoms with Crippen molar-refractivity contribution in [3.8, 4) is 17.6 Å². The number of furan rings is 1. The highest BCUT2D eigenvalue weighted by molar-refractivity contribution is 8.18. The molecule has 1 aliphatic rings. The number of imide groups is 1. The number of carbonyl (C=O) groups is 2. The molecule has 3 aromatic rings. The van der Waals surface area contributed by atoms with E-state index in [4.69, 9.17) is 4.42 Å². The lowest BCUT2D eigenvalue weighted by atomic mass is 10.2. The summed E-state index contributed by atoms with van der Waals surface area (Å²) in [5, 5.41) is 2.29. The van der Waals surface area contributed by atoms with Crippen molar-refractivity contribution in [3.63, 3.8) is 0 Å². The Balaban J connectivity index is 1.65. The number of benzene rings is 1. The van der Waals surface area contributed by atoms with Crippen LogP contribution in [-0.4, -0.2) is 22.5 Å². The van der Waals surface area contributed by atoms with Crippen molar-refractivity contribution < 1.29 is 31.9 Å². The fraction of sp³-hybridized carbons (Fsp3) is 0.0500. The number of amides is 2. The molecule has 1 aliphatic heterocycles. The van der Waals surface area contributed by atoms with E-state index in [0.717, 1.165) is 11.8 Å². The summed E-state index contributed by atoms with van der Waals surface area (Å²) in [6, 6.07) is 6.91. The Morgan fingerprint density at radius 1 is 1.17 bits per heavy atom. The van der Waals surface area contributed by atoms with Crippen LogP contribution in [0.5, 0.6) is 5.75 Å². The molecule has 0 aliphatic carbocycles. The minimum atomic E-state index is -4.79. The molecule has 10 heteroatoms. The van der Waals surface area contributed by atoms with Crippen LogP contribution in [0.3, 0.4) is 0 Å². The van der Waals surface area contributed by atoms with Crippen molar-refractivity contribution in [2.75, 3.05) is 0 Å². The van der Waals surface area contributed by atoms with Gasteiger partial charge in [-0.05, 0) is 36.0 Å². The minimum Gasteiger partial charge on any atom is -0.455 e. The average Bonchev–Trinajstić information content (AvgIpc) is 3.21. The third-order valence-electron chi connectivity index (χ3n) is 3.77. The fourth-order valence-electron chi connectivity index (χ4n) is 2.60. The van der Waals surface area contributed by atoms with Crippen LogP contribution in [0.4, 0.5) is 18.0 Å². The minimum absolute atomic E-state index is 0.195. The smallest absolute Gasteiger partial charge is 0.455 e. The predicted molar refractivity (Wildman–Crippen MR) is 102 cm³/mol. The molecule has 6 nitrogen and oxygen atoms in total. The molecule has 150 valence electrons. The number of nitrogens with one attached hydrogen (secondary N) is 1. The van der Waals surface area contributed by atoms with Gasteiger partial charge in [0.15, 0.2) is 5.58 Å². The molecule has 1 fully saturated rings. The largest absolute Gasteiger partial charge is 0.573 e. The topological polar surface area (TPSA) is 81.4 Å². The number of rotatable bonds is 2. The third kappa shape index (κ3) is 4.47. The second kappa shape index (κ2) is 7.61. The Bertz CT molecular complexity index is 1270. The number of pyridine rings is 1. The van der Waals surface area contributed by atoms with Gasteiger partial charge >= 0.3 is 6.36 Å². The summed E-state index contributed by atoms with van der Waals surface area (Å²) in [5.74, 6) is 5.01. The third-order valence-corrected chi connectivity index (χ3v) is 4.58. The number of ether oxygens (including phenoxy) is 1. The van der Waals surface area contributed by atoms with E-state index in [0.29, 0.717) is 27.9 Å². The molecule has 0 radical (unpaired) electrons. The molecular formula is C20H9F3N2O4S. The van der Waals surface area contributed by atoms with Gasteiger partial charge in [0.25, 0.3) is 11.1 Å². The lowest BCUT2D eigenvalue weighted by Crippen LogP contribution is -2.17. The summed E-state index contributed by atoms with van der Waals surface area (Å²) in [6.45, 7) is 0. The van der Waals surface area contributed by atoms with E-state index in [9.17, 15) is 22.8 Å². The monoisotopic (exact) mass is 430 g/mol. The Morgan fingerprint density at radius 2 is 2.00 bits per heavy atom. The second-order valence-corrected chi connectivity index (χ2v) is 6.95. The van der Waals surface area contributed by atoms with Crippen molar-refractivity contribution in [2.24, 2.45) is 0 Å². The van der Waals surface area contributed by atoms with Gasteiger partial charge in [-0.25, -0.2) is 0 Å². The Morgan fingerprint density at radius 3 is 2.73 bits per heavy atom. The number of halogens is 3. The molecule has 0 bridgehead atoms. The van der Waals surface area contributed by atoms with Crippen molar-refractivity contribution in [1.82, 2.24) is 10.3 Å². The maximum Gasteiger partial charge on any atom is 0.573 e.